The second-order valence-electron chi connectivity index (χ2n) is 12.0. The van der Waals surface area contributed by atoms with Crippen molar-refractivity contribution in [2.24, 2.45) is 5.73 Å². The van der Waals surface area contributed by atoms with E-state index in [1.54, 1.807) is 0 Å². The van der Waals surface area contributed by atoms with Gasteiger partial charge in [-0.1, -0.05) is 91.0 Å². The van der Waals surface area contributed by atoms with Crippen molar-refractivity contribution < 1.29 is 9.37 Å². The van der Waals surface area contributed by atoms with E-state index >= 15 is 0 Å². The van der Waals surface area contributed by atoms with Crippen molar-refractivity contribution in [3.05, 3.63) is 144 Å². The molecule has 0 unspecified atom stereocenters. The summed E-state index contributed by atoms with van der Waals surface area (Å²) in [5.41, 5.74) is 14.9. The average Bonchev–Trinajstić information content (AvgIpc) is 3.27. The molecule has 0 bridgehead atoms. The Morgan fingerprint density at radius 3 is 2.09 bits per heavy atom. The van der Waals surface area contributed by atoms with Crippen LogP contribution in [-0.2, 0) is 10.2 Å². The van der Waals surface area contributed by atoms with Crippen molar-refractivity contribution in [1.29, 1.82) is 0 Å². The van der Waals surface area contributed by atoms with Gasteiger partial charge in [0.15, 0.2) is 5.71 Å². The Morgan fingerprint density at radius 2 is 1.44 bits per heavy atom. The molecule has 4 N–H and O–H groups in total. The number of allylic oxidation sites excluding steroid dienone is 3. The maximum atomic E-state index is 12.1. The lowest BCUT2D eigenvalue weighted by Crippen LogP contribution is -2.28. The third kappa shape index (κ3) is 8.05. The van der Waals surface area contributed by atoms with Crippen LogP contribution in [0.1, 0.15) is 56.2 Å². The molecule has 1 aliphatic rings. The Labute approximate surface area is 268 Å². The van der Waals surface area contributed by atoms with Gasteiger partial charge >= 0.3 is 0 Å². The van der Waals surface area contributed by atoms with Gasteiger partial charge in [0.25, 0.3) is 0 Å². The number of hydrogen-bond acceptors (Lipinski definition) is 3. The standard InChI is InChI=1S/C40H44N4O/c1-40(2)36-30-34(43-33-20-11-5-12-21-33)25-26-37(36)44(29-14-6-13-24-39(45)42-28-27-41)38(40)23-15-22-35(31-16-7-3-8-17-31)32-18-9-4-10-19-32/h3-5,7-12,15-23,25-26,30,43H,6,13-14,24,27-29,41H2,1-2H3/p+1/b23-15+. The van der Waals surface area contributed by atoms with Gasteiger partial charge in [0.05, 0.1) is 5.41 Å². The highest BCUT2D eigenvalue weighted by molar-refractivity contribution is 6.03. The molecule has 0 saturated heterocycles. The Balaban J connectivity index is 1.44. The van der Waals surface area contributed by atoms with Crippen LogP contribution in [0.5, 0.6) is 0 Å². The van der Waals surface area contributed by atoms with Crippen molar-refractivity contribution >= 4 is 34.3 Å². The Kier molecular flexibility index (Phi) is 10.8. The van der Waals surface area contributed by atoms with Crippen molar-refractivity contribution in [3.63, 3.8) is 0 Å². The first-order valence-corrected chi connectivity index (χ1v) is 16.0. The van der Waals surface area contributed by atoms with Crippen molar-refractivity contribution in [1.82, 2.24) is 5.32 Å². The summed E-state index contributed by atoms with van der Waals surface area (Å²) in [5.74, 6) is 0.0844. The van der Waals surface area contributed by atoms with Crippen LogP contribution in [0, 0.1) is 0 Å². The fourth-order valence-corrected chi connectivity index (χ4v) is 6.04. The number of amides is 1. The van der Waals surface area contributed by atoms with Gasteiger partial charge in [-0.2, -0.15) is 4.58 Å². The molecule has 4 aromatic rings. The van der Waals surface area contributed by atoms with Crippen LogP contribution in [-0.4, -0.2) is 35.8 Å². The maximum absolute atomic E-state index is 12.1. The van der Waals surface area contributed by atoms with E-state index in [1.807, 2.05) is 18.2 Å². The molecule has 0 fully saturated rings. The summed E-state index contributed by atoms with van der Waals surface area (Å²) in [7, 11) is 0. The van der Waals surface area contributed by atoms with E-state index in [0.717, 1.165) is 37.2 Å². The minimum atomic E-state index is -0.199. The van der Waals surface area contributed by atoms with Gasteiger partial charge in [-0.3, -0.25) is 4.79 Å². The topological polar surface area (TPSA) is 70.2 Å². The predicted molar refractivity (Wildman–Crippen MR) is 189 cm³/mol. The van der Waals surface area contributed by atoms with Gasteiger partial charge in [-0.25, -0.2) is 0 Å². The van der Waals surface area contributed by atoms with Gasteiger partial charge in [-0.15, -0.1) is 0 Å². The minimum absolute atomic E-state index is 0.0844. The molecular formula is C40H45N4O+. The number of nitrogens with zero attached hydrogens (tertiary/aromatic N) is 1. The highest BCUT2D eigenvalue weighted by atomic mass is 16.1. The summed E-state index contributed by atoms with van der Waals surface area (Å²) < 4.78 is 2.48. The molecule has 5 nitrogen and oxygen atoms in total. The van der Waals surface area contributed by atoms with E-state index in [-0.39, 0.29) is 11.3 Å². The van der Waals surface area contributed by atoms with Gasteiger partial charge in [0, 0.05) is 55.0 Å². The molecule has 230 valence electrons. The molecule has 5 rings (SSSR count). The summed E-state index contributed by atoms with van der Waals surface area (Å²) in [5, 5.41) is 6.45. The van der Waals surface area contributed by atoms with Crippen LogP contribution < -0.4 is 16.4 Å². The lowest BCUT2D eigenvalue weighted by Gasteiger charge is -2.17. The first-order chi connectivity index (χ1) is 22.0. The van der Waals surface area contributed by atoms with E-state index in [1.165, 1.54) is 33.7 Å². The van der Waals surface area contributed by atoms with E-state index < -0.39 is 0 Å². The number of unbranched alkanes of at least 4 members (excludes halogenated alkanes) is 2. The van der Waals surface area contributed by atoms with E-state index in [2.05, 4.69) is 138 Å². The number of benzene rings is 4. The SMILES string of the molecule is CC1(C)C(/C=C/C=C(c2ccccc2)c2ccccc2)=[N+](CCCCCC(=O)NCCN)c2ccc(Nc3ccccc3)cc21. The van der Waals surface area contributed by atoms with Crippen LogP contribution in [0.4, 0.5) is 17.1 Å². The van der Waals surface area contributed by atoms with E-state index in [0.29, 0.717) is 19.5 Å². The summed E-state index contributed by atoms with van der Waals surface area (Å²) in [4.78, 5) is 12.1. The van der Waals surface area contributed by atoms with Gasteiger partial charge in [-0.05, 0) is 67.7 Å². The zero-order chi connectivity index (χ0) is 31.5. The summed E-state index contributed by atoms with van der Waals surface area (Å²) in [6.45, 7) is 6.53. The quantitative estimate of drug-likeness (QED) is 0.0781. The number of carbonyl (C=O) groups excluding carboxylic acids is 1. The number of anilines is 2. The van der Waals surface area contributed by atoms with Crippen LogP contribution in [0.3, 0.4) is 0 Å². The summed E-state index contributed by atoms with van der Waals surface area (Å²) in [6.07, 6.45) is 10.1. The lowest BCUT2D eigenvalue weighted by atomic mass is 9.81. The number of carbonyl (C=O) groups is 1. The molecule has 1 heterocycles. The zero-order valence-electron chi connectivity index (χ0n) is 26.5. The Hall–Kier alpha value is -4.74. The highest BCUT2D eigenvalue weighted by Crippen LogP contribution is 2.42. The number of hydrogen-bond donors (Lipinski definition) is 3. The smallest absolute Gasteiger partial charge is 0.220 e. The summed E-state index contributed by atoms with van der Waals surface area (Å²) in [6, 6.07) is 38.2. The first-order valence-electron chi connectivity index (χ1n) is 16.0. The second-order valence-corrected chi connectivity index (χ2v) is 12.0. The van der Waals surface area contributed by atoms with Crippen molar-refractivity contribution in [2.75, 3.05) is 25.0 Å². The molecule has 4 aromatic carbocycles. The average molecular weight is 598 g/mol. The van der Waals surface area contributed by atoms with Gasteiger partial charge in [0.2, 0.25) is 11.6 Å². The molecule has 0 radical (unpaired) electrons. The molecule has 5 heteroatoms. The number of para-hydroxylation sites is 1. The Bertz CT molecular complexity index is 1610. The van der Waals surface area contributed by atoms with Gasteiger partial charge in [0.1, 0.15) is 6.54 Å². The van der Waals surface area contributed by atoms with Crippen LogP contribution in [0.25, 0.3) is 5.57 Å². The van der Waals surface area contributed by atoms with E-state index in [9.17, 15) is 4.79 Å². The predicted octanol–water partition coefficient (Wildman–Crippen LogP) is 8.13. The second kappa shape index (κ2) is 15.3. The number of fused-ring (bicyclic) bond motifs is 1. The van der Waals surface area contributed by atoms with Crippen LogP contribution in [0.2, 0.25) is 0 Å². The molecule has 0 aromatic heterocycles. The third-order valence-electron chi connectivity index (χ3n) is 8.39. The maximum Gasteiger partial charge on any atom is 0.220 e. The van der Waals surface area contributed by atoms with Gasteiger partial charge < -0.3 is 16.4 Å². The molecule has 45 heavy (non-hydrogen) atoms. The van der Waals surface area contributed by atoms with Crippen molar-refractivity contribution in [2.45, 2.75) is 44.9 Å². The molecule has 0 atom stereocenters. The fourth-order valence-electron chi connectivity index (χ4n) is 6.04. The lowest BCUT2D eigenvalue weighted by molar-refractivity contribution is -0.438. The minimum Gasteiger partial charge on any atom is -0.356 e. The van der Waals surface area contributed by atoms with Crippen LogP contribution >= 0.6 is 0 Å². The van der Waals surface area contributed by atoms with E-state index in [4.69, 9.17) is 5.73 Å². The molecule has 0 aliphatic carbocycles. The highest BCUT2D eigenvalue weighted by Gasteiger charge is 2.44. The first kappa shape index (κ1) is 31.7. The third-order valence-corrected chi connectivity index (χ3v) is 8.39. The molecule has 1 amide bonds. The van der Waals surface area contributed by atoms with Crippen LogP contribution in [0.15, 0.2) is 127 Å². The normalized spacial score (nSPS) is 13.5. The fraction of sp³-hybridized carbons (Fsp3) is 0.250. The number of nitrogens with two attached hydrogens (primary N) is 1. The van der Waals surface area contributed by atoms with Crippen molar-refractivity contribution in [3.8, 4) is 0 Å². The largest absolute Gasteiger partial charge is 0.356 e. The number of rotatable bonds is 14. The number of nitrogens with one attached hydrogen (secondary N) is 2. The molecule has 1 aliphatic heterocycles. The molecular weight excluding hydrogens is 552 g/mol. The Morgan fingerprint density at radius 1 is 0.800 bits per heavy atom. The molecule has 0 spiro atoms. The zero-order valence-corrected chi connectivity index (χ0v) is 26.5. The summed E-state index contributed by atoms with van der Waals surface area (Å²) >= 11 is 0. The monoisotopic (exact) mass is 597 g/mol. The molecule has 0 saturated carbocycles.